The van der Waals surface area contributed by atoms with Gasteiger partial charge in [-0.05, 0) is 49.4 Å². The summed E-state index contributed by atoms with van der Waals surface area (Å²) in [5.74, 6) is -0.373. The molecule has 5 rings (SSSR count). The molecule has 2 heterocycles. The van der Waals surface area contributed by atoms with Crippen LogP contribution in [0.1, 0.15) is 25.8 Å². The predicted molar refractivity (Wildman–Crippen MR) is 157 cm³/mol. The van der Waals surface area contributed by atoms with Gasteiger partial charge in [-0.1, -0.05) is 78.0 Å². The van der Waals surface area contributed by atoms with E-state index in [2.05, 4.69) is 108 Å². The van der Waals surface area contributed by atoms with Gasteiger partial charge in [-0.25, -0.2) is 8.42 Å². The third kappa shape index (κ3) is 5.70. The summed E-state index contributed by atoms with van der Waals surface area (Å²) in [5, 5.41) is 4.48. The number of hydrogen-bond donors (Lipinski definition) is 0. The largest absolute Gasteiger partial charge is 0.748 e. The predicted octanol–water partition coefficient (Wildman–Crippen LogP) is 6.65. The molecule has 4 aromatic rings. The quantitative estimate of drug-likeness (QED) is 0.142. The molecule has 0 aliphatic carbocycles. The van der Waals surface area contributed by atoms with E-state index in [9.17, 15) is 13.0 Å². The number of benzene rings is 3. The molecule has 0 amide bonds. The molecule has 1 aromatic heterocycles. The highest BCUT2D eigenvalue weighted by Gasteiger charge is 2.26. The standard InChI is InChI=1S/C31H30N2O3S2/c1-3-32-21-19-25(26-10-6-7-12-28(26)32)15-13-23(2)14-18-30-33(20-8-22-38(34,35)36)31-27-11-5-4-9-24(27)16-17-29(31)37-30/h4-7,9-19,21H,3,8,20,22H2,1-2H3. The Bertz CT molecular complexity index is 1710. The first kappa shape index (κ1) is 26.2. The van der Waals surface area contributed by atoms with Gasteiger partial charge >= 0.3 is 0 Å². The van der Waals surface area contributed by atoms with Gasteiger partial charge < -0.3 is 9.45 Å². The Morgan fingerprint density at radius 1 is 1.03 bits per heavy atom. The van der Waals surface area contributed by atoms with E-state index in [1.807, 2.05) is 12.1 Å². The molecule has 0 unspecified atom stereocenters. The molecule has 0 saturated heterocycles. The molecule has 1 aliphatic rings. The van der Waals surface area contributed by atoms with Crippen LogP contribution in [0.4, 0.5) is 5.69 Å². The number of anilines is 1. The zero-order valence-electron chi connectivity index (χ0n) is 21.5. The van der Waals surface area contributed by atoms with Crippen molar-refractivity contribution < 1.29 is 17.5 Å². The van der Waals surface area contributed by atoms with Crippen molar-refractivity contribution in [2.75, 3.05) is 17.2 Å². The highest BCUT2D eigenvalue weighted by Crippen LogP contribution is 2.49. The Kier molecular flexibility index (Phi) is 7.70. The van der Waals surface area contributed by atoms with Crippen LogP contribution < -0.4 is 9.47 Å². The third-order valence-electron chi connectivity index (χ3n) is 6.70. The topological polar surface area (TPSA) is 64.3 Å². The van der Waals surface area contributed by atoms with E-state index in [1.54, 1.807) is 11.8 Å². The van der Waals surface area contributed by atoms with Gasteiger partial charge in [0.25, 0.3) is 0 Å². The van der Waals surface area contributed by atoms with Crippen LogP contribution in [0, 0.1) is 0 Å². The minimum absolute atomic E-state index is 0.272. The molecule has 0 atom stereocenters. The molecule has 3 aromatic carbocycles. The van der Waals surface area contributed by atoms with Crippen molar-refractivity contribution in [3.63, 3.8) is 0 Å². The summed E-state index contributed by atoms with van der Waals surface area (Å²) in [6, 6.07) is 23.0. The van der Waals surface area contributed by atoms with Crippen molar-refractivity contribution in [2.45, 2.75) is 31.7 Å². The summed E-state index contributed by atoms with van der Waals surface area (Å²) in [6.45, 7) is 5.59. The molecule has 38 heavy (non-hydrogen) atoms. The second-order valence-electron chi connectivity index (χ2n) is 9.33. The van der Waals surface area contributed by atoms with E-state index < -0.39 is 10.1 Å². The number of aryl methyl sites for hydroxylation is 1. The maximum atomic E-state index is 11.3. The number of fused-ring (bicyclic) bond motifs is 4. The van der Waals surface area contributed by atoms with Gasteiger partial charge in [-0.3, -0.25) is 0 Å². The first-order valence-electron chi connectivity index (χ1n) is 12.7. The lowest BCUT2D eigenvalue weighted by Gasteiger charge is -2.22. The Hall–Kier alpha value is -3.39. The van der Waals surface area contributed by atoms with Crippen molar-refractivity contribution in [3.8, 4) is 0 Å². The lowest BCUT2D eigenvalue weighted by molar-refractivity contribution is -0.667. The first-order chi connectivity index (χ1) is 18.3. The fraction of sp³-hybridized carbons (Fsp3) is 0.194. The average molecular weight is 543 g/mol. The molecule has 0 bridgehead atoms. The molecule has 0 N–H and O–H groups in total. The van der Waals surface area contributed by atoms with Gasteiger partial charge in [0.15, 0.2) is 6.20 Å². The van der Waals surface area contributed by atoms with Crippen LogP contribution >= 0.6 is 11.8 Å². The van der Waals surface area contributed by atoms with Crippen molar-refractivity contribution >= 4 is 55.3 Å². The van der Waals surface area contributed by atoms with Gasteiger partial charge in [0.05, 0.1) is 26.2 Å². The molecule has 1 aliphatic heterocycles. The van der Waals surface area contributed by atoms with Crippen LogP contribution in [0.3, 0.4) is 0 Å². The summed E-state index contributed by atoms with van der Waals surface area (Å²) in [4.78, 5) is 3.27. The lowest BCUT2D eigenvalue weighted by atomic mass is 10.1. The smallest absolute Gasteiger partial charge is 0.213 e. The number of nitrogens with zero attached hydrogens (tertiary/aromatic N) is 2. The number of aromatic nitrogens is 1. The van der Waals surface area contributed by atoms with E-state index in [0.29, 0.717) is 6.54 Å². The summed E-state index contributed by atoms with van der Waals surface area (Å²) in [6.07, 6.45) is 10.8. The number of hydrogen-bond acceptors (Lipinski definition) is 5. The van der Waals surface area contributed by atoms with Crippen molar-refractivity contribution in [1.82, 2.24) is 0 Å². The van der Waals surface area contributed by atoms with Crippen molar-refractivity contribution in [2.24, 2.45) is 0 Å². The monoisotopic (exact) mass is 542 g/mol. The van der Waals surface area contributed by atoms with Gasteiger partial charge in [0.2, 0.25) is 5.52 Å². The van der Waals surface area contributed by atoms with Crippen LogP contribution in [-0.2, 0) is 16.7 Å². The van der Waals surface area contributed by atoms with Gasteiger partial charge in [0, 0.05) is 34.7 Å². The molecule has 5 nitrogen and oxygen atoms in total. The van der Waals surface area contributed by atoms with Crippen LogP contribution in [-0.4, -0.2) is 25.3 Å². The van der Waals surface area contributed by atoms with Crippen LogP contribution in [0.25, 0.3) is 27.8 Å². The second kappa shape index (κ2) is 11.2. The summed E-state index contributed by atoms with van der Waals surface area (Å²) in [5.41, 5.74) is 4.55. The molecule has 0 saturated carbocycles. The highest BCUT2D eigenvalue weighted by atomic mass is 32.2. The number of allylic oxidation sites excluding steroid dienone is 4. The fourth-order valence-corrected chi connectivity index (χ4v) is 6.42. The average Bonchev–Trinajstić information content (AvgIpc) is 3.27. The van der Waals surface area contributed by atoms with E-state index in [1.165, 1.54) is 16.5 Å². The van der Waals surface area contributed by atoms with Crippen LogP contribution in [0.2, 0.25) is 0 Å². The van der Waals surface area contributed by atoms with Gasteiger partial charge in [0.1, 0.15) is 6.54 Å². The Morgan fingerprint density at radius 2 is 1.79 bits per heavy atom. The zero-order chi connectivity index (χ0) is 26.7. The Labute approximate surface area is 228 Å². The molecular formula is C31H30N2O3S2. The Morgan fingerprint density at radius 3 is 2.58 bits per heavy atom. The summed E-state index contributed by atoms with van der Waals surface area (Å²) in [7, 11) is -4.26. The molecule has 7 heteroatoms. The maximum Gasteiger partial charge on any atom is 0.213 e. The normalized spacial score (nSPS) is 15.3. The van der Waals surface area contributed by atoms with Crippen molar-refractivity contribution in [1.29, 1.82) is 0 Å². The minimum atomic E-state index is -4.26. The number of thioether (sulfide) groups is 1. The highest BCUT2D eigenvalue weighted by molar-refractivity contribution is 8.03. The van der Waals surface area contributed by atoms with Crippen LogP contribution in [0.15, 0.2) is 107 Å². The van der Waals surface area contributed by atoms with Crippen molar-refractivity contribution in [3.05, 3.63) is 107 Å². The maximum absolute atomic E-state index is 11.3. The minimum Gasteiger partial charge on any atom is -0.748 e. The number of rotatable bonds is 8. The molecule has 0 fully saturated rings. The van der Waals surface area contributed by atoms with Gasteiger partial charge in [-0.2, -0.15) is 4.57 Å². The van der Waals surface area contributed by atoms with E-state index in [-0.39, 0.29) is 12.2 Å². The van der Waals surface area contributed by atoms with E-state index in [0.717, 1.165) is 38.5 Å². The van der Waals surface area contributed by atoms with E-state index >= 15 is 0 Å². The lowest BCUT2D eigenvalue weighted by Crippen LogP contribution is -2.32. The third-order valence-corrected chi connectivity index (χ3v) is 8.61. The molecule has 0 spiro atoms. The number of pyridine rings is 1. The molecule has 0 radical (unpaired) electrons. The second-order valence-corrected chi connectivity index (χ2v) is 11.9. The van der Waals surface area contributed by atoms with Gasteiger partial charge in [-0.15, -0.1) is 0 Å². The SMILES string of the molecule is CC[n+]1ccc(C=CC(C)=CC=C2Sc3ccc4ccccc4c3N2CCCS(=O)(=O)[O-])c2ccccc21. The fourth-order valence-electron chi connectivity index (χ4n) is 4.83. The zero-order valence-corrected chi connectivity index (χ0v) is 23.1. The molecular weight excluding hydrogens is 512 g/mol. The van der Waals surface area contributed by atoms with Crippen LogP contribution in [0.5, 0.6) is 0 Å². The summed E-state index contributed by atoms with van der Waals surface area (Å²) < 4.78 is 36.0. The molecule has 194 valence electrons. The van der Waals surface area contributed by atoms with E-state index in [4.69, 9.17) is 0 Å². The summed E-state index contributed by atoms with van der Waals surface area (Å²) >= 11 is 1.67. The first-order valence-corrected chi connectivity index (χ1v) is 15.1. The number of para-hydroxylation sites is 1. The Balaban J connectivity index is 1.44.